The SMILES string of the molecule is CCCCCCC(=O)OSNS(=O)(=O)C(F)(F)F. The molecule has 1 N–H and O–H groups in total. The predicted octanol–water partition coefficient (Wildman–Crippen LogP) is 2.50. The minimum atomic E-state index is -5.49. The van der Waals surface area contributed by atoms with Gasteiger partial charge in [-0.15, -0.1) is 4.13 Å². The van der Waals surface area contributed by atoms with Gasteiger partial charge in [-0.05, 0) is 6.42 Å². The van der Waals surface area contributed by atoms with Crippen molar-refractivity contribution < 1.29 is 30.6 Å². The second-order valence-electron chi connectivity index (χ2n) is 3.38. The van der Waals surface area contributed by atoms with Gasteiger partial charge < -0.3 is 4.18 Å². The van der Waals surface area contributed by atoms with Crippen LogP contribution in [0.1, 0.15) is 39.0 Å². The number of sulfonamides is 1. The van der Waals surface area contributed by atoms with Crippen LogP contribution in [0.5, 0.6) is 0 Å². The molecule has 0 rings (SSSR count). The highest BCUT2D eigenvalue weighted by Crippen LogP contribution is 2.23. The molecular weight excluding hydrogens is 295 g/mol. The lowest BCUT2D eigenvalue weighted by molar-refractivity contribution is -0.133. The Morgan fingerprint density at radius 3 is 2.39 bits per heavy atom. The first-order chi connectivity index (χ1) is 8.20. The lowest BCUT2D eigenvalue weighted by Gasteiger charge is -2.07. The van der Waals surface area contributed by atoms with Crippen molar-refractivity contribution >= 4 is 28.2 Å². The first kappa shape index (κ1) is 17.5. The molecule has 0 fully saturated rings. The van der Waals surface area contributed by atoms with Crippen molar-refractivity contribution in [3.8, 4) is 0 Å². The summed E-state index contributed by atoms with van der Waals surface area (Å²) in [6.07, 6.45) is 3.33. The van der Waals surface area contributed by atoms with Crippen molar-refractivity contribution in [2.45, 2.75) is 44.5 Å². The molecule has 0 atom stereocenters. The van der Waals surface area contributed by atoms with Crippen molar-refractivity contribution in [3.63, 3.8) is 0 Å². The molecule has 0 aromatic rings. The molecule has 0 aliphatic heterocycles. The molecule has 0 saturated heterocycles. The van der Waals surface area contributed by atoms with E-state index < -0.39 is 21.5 Å². The minimum Gasteiger partial charge on any atom is -0.374 e. The molecule has 108 valence electrons. The number of hydrogen-bond acceptors (Lipinski definition) is 5. The third kappa shape index (κ3) is 7.07. The molecular formula is C8H14F3NO4S2. The third-order valence-electron chi connectivity index (χ3n) is 1.82. The van der Waals surface area contributed by atoms with Gasteiger partial charge in [0.1, 0.15) is 0 Å². The Morgan fingerprint density at radius 1 is 1.28 bits per heavy atom. The van der Waals surface area contributed by atoms with Crippen molar-refractivity contribution in [1.29, 1.82) is 0 Å². The third-order valence-corrected chi connectivity index (χ3v) is 3.85. The van der Waals surface area contributed by atoms with Gasteiger partial charge in [0, 0.05) is 6.42 Å². The van der Waals surface area contributed by atoms with E-state index in [0.29, 0.717) is 6.42 Å². The molecule has 5 nitrogen and oxygen atoms in total. The van der Waals surface area contributed by atoms with Crippen molar-refractivity contribution in [3.05, 3.63) is 0 Å². The van der Waals surface area contributed by atoms with Crippen molar-refractivity contribution in [2.75, 3.05) is 0 Å². The normalized spacial score (nSPS) is 12.4. The summed E-state index contributed by atoms with van der Waals surface area (Å²) in [5.41, 5.74) is -5.42. The van der Waals surface area contributed by atoms with E-state index in [4.69, 9.17) is 0 Å². The van der Waals surface area contributed by atoms with Gasteiger partial charge in [0.2, 0.25) is 0 Å². The van der Waals surface area contributed by atoms with Gasteiger partial charge in [-0.25, -0.2) is 8.42 Å². The average molecular weight is 309 g/mol. The summed E-state index contributed by atoms with van der Waals surface area (Å²) < 4.78 is 61.8. The van der Waals surface area contributed by atoms with Crippen molar-refractivity contribution in [2.24, 2.45) is 0 Å². The van der Waals surface area contributed by atoms with E-state index >= 15 is 0 Å². The minimum absolute atomic E-state index is 0.0424. The Labute approximate surface area is 108 Å². The number of carbonyl (C=O) groups is 1. The maximum Gasteiger partial charge on any atom is 0.512 e. The van der Waals surface area contributed by atoms with Crippen LogP contribution in [0.4, 0.5) is 13.2 Å². The second-order valence-corrected chi connectivity index (χ2v) is 5.85. The quantitative estimate of drug-likeness (QED) is 0.424. The van der Waals surface area contributed by atoms with E-state index in [0.717, 1.165) is 23.4 Å². The molecule has 0 heterocycles. The predicted molar refractivity (Wildman–Crippen MR) is 60.6 cm³/mol. The largest absolute Gasteiger partial charge is 0.512 e. The van der Waals surface area contributed by atoms with Gasteiger partial charge in [-0.3, -0.25) is 4.79 Å². The summed E-state index contributed by atoms with van der Waals surface area (Å²) in [6, 6.07) is 0. The topological polar surface area (TPSA) is 72.5 Å². The molecule has 0 radical (unpaired) electrons. The highest BCUT2D eigenvalue weighted by Gasteiger charge is 2.46. The maximum absolute atomic E-state index is 11.8. The molecule has 10 heteroatoms. The Hall–Kier alpha value is -0.480. The van der Waals surface area contributed by atoms with Gasteiger partial charge in [-0.1, -0.05) is 26.2 Å². The van der Waals surface area contributed by atoms with Crippen LogP contribution in [0.25, 0.3) is 0 Å². The highest BCUT2D eigenvalue weighted by molar-refractivity contribution is 8.07. The van der Waals surface area contributed by atoms with Gasteiger partial charge in [0.05, 0.1) is 0 Å². The van der Waals surface area contributed by atoms with E-state index in [1.807, 2.05) is 6.92 Å². The standard InChI is InChI=1S/C8H14F3NO4S2/c1-2-3-4-5-6-7(13)16-17-12-18(14,15)8(9,10)11/h12H,2-6H2,1H3. The van der Waals surface area contributed by atoms with E-state index in [1.54, 1.807) is 0 Å². The van der Waals surface area contributed by atoms with Gasteiger partial charge >= 0.3 is 21.5 Å². The molecule has 0 amide bonds. The number of nitrogens with one attached hydrogen (secondary N) is 1. The van der Waals surface area contributed by atoms with Gasteiger partial charge in [-0.2, -0.15) is 13.2 Å². The average Bonchev–Trinajstić information content (AvgIpc) is 2.22. The number of alkyl halides is 3. The Kier molecular flexibility index (Phi) is 7.64. The fraction of sp³-hybridized carbons (Fsp3) is 0.875. The number of rotatable bonds is 8. The zero-order chi connectivity index (χ0) is 14.2. The molecule has 0 bridgehead atoms. The highest BCUT2D eigenvalue weighted by atomic mass is 32.3. The van der Waals surface area contributed by atoms with E-state index in [-0.39, 0.29) is 18.6 Å². The fourth-order valence-electron chi connectivity index (χ4n) is 0.893. The summed E-state index contributed by atoms with van der Waals surface area (Å²) in [4.78, 5) is 11.0. The van der Waals surface area contributed by atoms with E-state index in [1.165, 1.54) is 0 Å². The van der Waals surface area contributed by atoms with E-state index in [2.05, 4.69) is 4.18 Å². The van der Waals surface area contributed by atoms with Crippen LogP contribution in [0.3, 0.4) is 0 Å². The maximum atomic E-state index is 11.8. The monoisotopic (exact) mass is 309 g/mol. The summed E-state index contributed by atoms with van der Waals surface area (Å²) in [5.74, 6) is -0.763. The van der Waals surface area contributed by atoms with Crippen LogP contribution in [0.15, 0.2) is 0 Å². The van der Waals surface area contributed by atoms with Crippen LogP contribution < -0.4 is 4.13 Å². The molecule has 0 aromatic heterocycles. The summed E-state index contributed by atoms with van der Waals surface area (Å²) >= 11 is -0.249. The summed E-state index contributed by atoms with van der Waals surface area (Å²) in [5, 5.41) is 0. The number of unbranched alkanes of at least 4 members (excludes halogenated alkanes) is 3. The van der Waals surface area contributed by atoms with Crippen LogP contribution in [0, 0.1) is 0 Å². The van der Waals surface area contributed by atoms with Crippen LogP contribution in [-0.4, -0.2) is 19.9 Å². The number of carbonyl (C=O) groups excluding carboxylic acids is 1. The van der Waals surface area contributed by atoms with Crippen LogP contribution in [-0.2, 0) is 19.0 Å². The molecule has 0 aliphatic carbocycles. The summed E-state index contributed by atoms with van der Waals surface area (Å²) in [7, 11) is -5.49. The van der Waals surface area contributed by atoms with Crippen LogP contribution >= 0.6 is 12.2 Å². The van der Waals surface area contributed by atoms with Gasteiger partial charge in [0.25, 0.3) is 0 Å². The van der Waals surface area contributed by atoms with Gasteiger partial charge in [0.15, 0.2) is 12.2 Å². The fourth-order valence-corrected chi connectivity index (χ4v) is 1.94. The Balaban J connectivity index is 3.82. The number of hydrogen-bond donors (Lipinski definition) is 1. The Bertz CT molecular complexity index is 356. The zero-order valence-corrected chi connectivity index (χ0v) is 11.3. The number of halogens is 3. The van der Waals surface area contributed by atoms with E-state index in [9.17, 15) is 26.4 Å². The molecule has 0 spiro atoms. The summed E-state index contributed by atoms with van der Waals surface area (Å²) in [6.45, 7) is 1.99. The van der Waals surface area contributed by atoms with Crippen LogP contribution in [0.2, 0.25) is 0 Å². The second kappa shape index (κ2) is 7.85. The Morgan fingerprint density at radius 2 is 1.89 bits per heavy atom. The lowest BCUT2D eigenvalue weighted by Crippen LogP contribution is -2.32. The molecule has 0 saturated carbocycles. The molecule has 0 aromatic carbocycles. The lowest BCUT2D eigenvalue weighted by atomic mass is 10.2. The molecule has 0 aliphatic rings. The molecule has 0 unspecified atom stereocenters. The molecule has 18 heavy (non-hydrogen) atoms. The first-order valence-corrected chi connectivity index (χ1v) is 7.37. The smallest absolute Gasteiger partial charge is 0.374 e. The van der Waals surface area contributed by atoms with Crippen molar-refractivity contribution in [1.82, 2.24) is 4.13 Å². The zero-order valence-electron chi connectivity index (χ0n) is 9.62. The first-order valence-electron chi connectivity index (χ1n) is 5.15.